The van der Waals surface area contributed by atoms with Crippen LogP contribution in [0.5, 0.6) is 0 Å². The summed E-state index contributed by atoms with van der Waals surface area (Å²) in [5, 5.41) is 4.29. The van der Waals surface area contributed by atoms with E-state index in [1.165, 1.54) is 4.88 Å². The molecule has 0 aromatic carbocycles. The molecule has 1 aliphatic rings. The van der Waals surface area contributed by atoms with Crippen LogP contribution in [0.2, 0.25) is 0 Å². The molecule has 1 saturated heterocycles. The van der Waals surface area contributed by atoms with E-state index in [9.17, 15) is 4.39 Å². The van der Waals surface area contributed by atoms with Crippen LogP contribution in [0.15, 0.2) is 12.4 Å². The molecule has 7 heteroatoms. The van der Waals surface area contributed by atoms with Crippen molar-refractivity contribution in [1.82, 2.24) is 19.4 Å². The van der Waals surface area contributed by atoms with Crippen LogP contribution in [0.1, 0.15) is 22.8 Å². The van der Waals surface area contributed by atoms with Crippen LogP contribution in [0, 0.1) is 13.8 Å². The van der Waals surface area contributed by atoms with Crippen LogP contribution in [-0.2, 0) is 13.6 Å². The molecule has 0 saturated carbocycles. The Morgan fingerprint density at radius 2 is 2.27 bits per heavy atom. The van der Waals surface area contributed by atoms with Gasteiger partial charge in [-0.05, 0) is 20.3 Å². The number of alkyl halides is 1. The number of likely N-dealkylation sites (tertiary alicyclic amines) is 1. The highest BCUT2D eigenvalue weighted by Crippen LogP contribution is 2.25. The molecule has 120 valence electrons. The van der Waals surface area contributed by atoms with Gasteiger partial charge in [-0.25, -0.2) is 14.4 Å². The molecule has 0 radical (unpaired) electrons. The number of thiazole rings is 1. The van der Waals surface area contributed by atoms with Crippen LogP contribution >= 0.6 is 11.3 Å². The Labute approximate surface area is 134 Å². The summed E-state index contributed by atoms with van der Waals surface area (Å²) in [6, 6.07) is 0.177. The summed E-state index contributed by atoms with van der Waals surface area (Å²) in [5.41, 5.74) is 1.06. The van der Waals surface area contributed by atoms with Gasteiger partial charge < -0.3 is 9.88 Å². The molecule has 1 N–H and O–H groups in total. The number of hydrogen-bond donors (Lipinski definition) is 1. The van der Waals surface area contributed by atoms with Crippen molar-refractivity contribution in [3.05, 3.63) is 28.8 Å². The standard InChI is InChI=1S/C15H22FN5S/c1-10-11(2)22-15(19-10)18-7-13-6-12(16)8-21(13)9-14-17-4-5-20(14)3/h4-5,12-13H,6-9H2,1-3H3,(H,18,19)/t12-,13-/m0/s1. The second kappa shape index (κ2) is 6.34. The van der Waals surface area contributed by atoms with E-state index in [2.05, 4.69) is 27.1 Å². The van der Waals surface area contributed by atoms with Gasteiger partial charge in [0.05, 0.1) is 12.2 Å². The maximum Gasteiger partial charge on any atom is 0.183 e. The van der Waals surface area contributed by atoms with Crippen molar-refractivity contribution in [3.63, 3.8) is 0 Å². The lowest BCUT2D eigenvalue weighted by atomic mass is 10.2. The fourth-order valence-electron chi connectivity index (χ4n) is 2.81. The number of rotatable bonds is 5. The Kier molecular flexibility index (Phi) is 4.44. The smallest absolute Gasteiger partial charge is 0.183 e. The van der Waals surface area contributed by atoms with E-state index in [1.54, 1.807) is 17.5 Å². The normalized spacial score (nSPS) is 22.4. The Hall–Kier alpha value is -1.47. The summed E-state index contributed by atoms with van der Waals surface area (Å²) in [6.07, 6.45) is 3.52. The Morgan fingerprint density at radius 3 is 2.91 bits per heavy atom. The zero-order chi connectivity index (χ0) is 15.7. The minimum absolute atomic E-state index is 0.177. The minimum atomic E-state index is -0.758. The highest BCUT2D eigenvalue weighted by Gasteiger charge is 2.32. The lowest BCUT2D eigenvalue weighted by Crippen LogP contribution is -2.35. The number of imidazole rings is 1. The molecule has 5 nitrogen and oxygen atoms in total. The van der Waals surface area contributed by atoms with Gasteiger partial charge in [0.25, 0.3) is 0 Å². The van der Waals surface area contributed by atoms with Crippen molar-refractivity contribution in [3.8, 4) is 0 Å². The number of nitrogens with zero attached hydrogens (tertiary/aromatic N) is 4. The van der Waals surface area contributed by atoms with Crippen molar-refractivity contribution in [2.24, 2.45) is 7.05 Å². The molecule has 1 aliphatic heterocycles. The zero-order valence-electron chi connectivity index (χ0n) is 13.2. The molecule has 2 atom stereocenters. The van der Waals surface area contributed by atoms with Gasteiger partial charge in [0.15, 0.2) is 5.13 Å². The molecule has 0 bridgehead atoms. The number of aromatic nitrogens is 3. The quantitative estimate of drug-likeness (QED) is 0.918. The van der Waals surface area contributed by atoms with Crippen LogP contribution in [0.3, 0.4) is 0 Å². The van der Waals surface area contributed by atoms with Gasteiger partial charge in [-0.15, -0.1) is 11.3 Å². The van der Waals surface area contributed by atoms with Gasteiger partial charge in [-0.2, -0.15) is 0 Å². The first-order valence-corrected chi connectivity index (χ1v) is 8.37. The molecular formula is C15H22FN5S. The molecule has 0 aliphatic carbocycles. The summed E-state index contributed by atoms with van der Waals surface area (Å²) in [5.74, 6) is 0.972. The fraction of sp³-hybridized carbons (Fsp3) is 0.600. The Morgan fingerprint density at radius 1 is 1.45 bits per heavy atom. The second-order valence-electron chi connectivity index (χ2n) is 5.91. The summed E-state index contributed by atoms with van der Waals surface area (Å²) in [4.78, 5) is 12.2. The second-order valence-corrected chi connectivity index (χ2v) is 7.12. The third-order valence-corrected chi connectivity index (χ3v) is 5.29. The van der Waals surface area contributed by atoms with Crippen molar-refractivity contribution in [1.29, 1.82) is 0 Å². The largest absolute Gasteiger partial charge is 0.360 e. The van der Waals surface area contributed by atoms with Crippen molar-refractivity contribution in [2.75, 3.05) is 18.4 Å². The predicted octanol–water partition coefficient (Wildman–Crippen LogP) is 2.52. The third-order valence-electron chi connectivity index (χ3n) is 4.26. The molecule has 2 aromatic heterocycles. The zero-order valence-corrected chi connectivity index (χ0v) is 14.0. The number of nitrogens with one attached hydrogen (secondary N) is 1. The molecule has 0 amide bonds. The van der Waals surface area contributed by atoms with Crippen LogP contribution in [0.25, 0.3) is 0 Å². The van der Waals surface area contributed by atoms with Crippen molar-refractivity contribution < 1.29 is 4.39 Å². The fourth-order valence-corrected chi connectivity index (χ4v) is 3.63. The van der Waals surface area contributed by atoms with E-state index in [0.717, 1.165) is 23.2 Å². The number of halogens is 1. The molecule has 1 fully saturated rings. The Balaban J connectivity index is 1.62. The van der Waals surface area contributed by atoms with Crippen LogP contribution < -0.4 is 5.32 Å². The first kappa shape index (κ1) is 15.4. The van der Waals surface area contributed by atoms with E-state index in [4.69, 9.17) is 0 Å². The van der Waals surface area contributed by atoms with E-state index in [0.29, 0.717) is 19.5 Å². The van der Waals surface area contributed by atoms with Gasteiger partial charge >= 0.3 is 0 Å². The van der Waals surface area contributed by atoms with E-state index in [1.807, 2.05) is 24.7 Å². The number of hydrogen-bond acceptors (Lipinski definition) is 5. The summed E-state index contributed by atoms with van der Waals surface area (Å²) in [6.45, 7) is 5.97. The average Bonchev–Trinajstić information content (AvgIpc) is 3.11. The van der Waals surface area contributed by atoms with Crippen molar-refractivity contribution in [2.45, 2.75) is 39.0 Å². The molecule has 3 rings (SSSR count). The SMILES string of the molecule is Cc1nc(NC[C@@H]2C[C@H](F)CN2Cc2nccn2C)sc1C. The van der Waals surface area contributed by atoms with Crippen LogP contribution in [0.4, 0.5) is 9.52 Å². The lowest BCUT2D eigenvalue weighted by molar-refractivity contribution is 0.233. The molecule has 0 unspecified atom stereocenters. The van der Waals surface area contributed by atoms with Gasteiger partial charge in [-0.3, -0.25) is 4.90 Å². The van der Waals surface area contributed by atoms with Gasteiger partial charge in [0.1, 0.15) is 12.0 Å². The summed E-state index contributed by atoms with van der Waals surface area (Å²) >= 11 is 1.66. The van der Waals surface area contributed by atoms with Gasteiger partial charge in [0, 0.05) is 43.4 Å². The summed E-state index contributed by atoms with van der Waals surface area (Å²) < 4.78 is 15.8. The molecule has 2 aromatic rings. The average molecular weight is 323 g/mol. The maximum atomic E-state index is 13.8. The predicted molar refractivity (Wildman–Crippen MR) is 87.0 cm³/mol. The molecular weight excluding hydrogens is 301 g/mol. The van der Waals surface area contributed by atoms with E-state index in [-0.39, 0.29) is 6.04 Å². The van der Waals surface area contributed by atoms with Crippen molar-refractivity contribution >= 4 is 16.5 Å². The molecule has 0 spiro atoms. The number of anilines is 1. The first-order chi connectivity index (χ1) is 10.5. The topological polar surface area (TPSA) is 46.0 Å². The van der Waals surface area contributed by atoms with Gasteiger partial charge in [-0.1, -0.05) is 0 Å². The molecule has 22 heavy (non-hydrogen) atoms. The van der Waals surface area contributed by atoms with Crippen LogP contribution in [-0.4, -0.2) is 44.7 Å². The van der Waals surface area contributed by atoms with Gasteiger partial charge in [0.2, 0.25) is 0 Å². The van der Waals surface area contributed by atoms with E-state index < -0.39 is 6.17 Å². The highest BCUT2D eigenvalue weighted by atomic mass is 32.1. The minimum Gasteiger partial charge on any atom is -0.360 e. The van der Waals surface area contributed by atoms with E-state index >= 15 is 0 Å². The first-order valence-electron chi connectivity index (χ1n) is 7.55. The molecule has 3 heterocycles. The lowest BCUT2D eigenvalue weighted by Gasteiger charge is -2.23. The summed E-state index contributed by atoms with van der Waals surface area (Å²) in [7, 11) is 1.97. The monoisotopic (exact) mass is 323 g/mol. The highest BCUT2D eigenvalue weighted by molar-refractivity contribution is 7.15. The Bertz CT molecular complexity index is 618. The third kappa shape index (κ3) is 3.30. The number of aryl methyl sites for hydroxylation is 3. The maximum absolute atomic E-state index is 13.8.